The first-order chi connectivity index (χ1) is 17.0. The lowest BCUT2D eigenvalue weighted by atomic mass is 10.0. The van der Waals surface area contributed by atoms with Crippen molar-refractivity contribution >= 4 is 22.2 Å². The number of esters is 1. The van der Waals surface area contributed by atoms with E-state index in [0.29, 0.717) is 24.6 Å². The number of carbonyl (C=O) groups excluding carboxylic acids is 1. The van der Waals surface area contributed by atoms with Gasteiger partial charge in [0, 0.05) is 31.6 Å². The van der Waals surface area contributed by atoms with E-state index >= 15 is 0 Å². The molecule has 0 amide bonds. The maximum absolute atomic E-state index is 11.9. The van der Waals surface area contributed by atoms with Crippen molar-refractivity contribution in [3.8, 4) is 0 Å². The lowest BCUT2D eigenvalue weighted by Crippen LogP contribution is -2.37. The van der Waals surface area contributed by atoms with Gasteiger partial charge in [0.25, 0.3) is 10.1 Å². The number of benzene rings is 1. The molecule has 36 heavy (non-hydrogen) atoms. The van der Waals surface area contributed by atoms with Gasteiger partial charge in [0.05, 0.1) is 24.7 Å². The lowest BCUT2D eigenvalue weighted by molar-refractivity contribution is -0.148. The fraction of sp³-hybridized carbons (Fsp3) is 0.519. The van der Waals surface area contributed by atoms with E-state index in [1.54, 1.807) is 25.1 Å². The van der Waals surface area contributed by atoms with Gasteiger partial charge in [-0.15, -0.1) is 0 Å². The highest BCUT2D eigenvalue weighted by atomic mass is 32.2. The van der Waals surface area contributed by atoms with Gasteiger partial charge < -0.3 is 19.3 Å². The minimum absolute atomic E-state index is 0.104. The number of hydrogen-bond acceptors (Lipinski definition) is 7. The van der Waals surface area contributed by atoms with E-state index in [2.05, 4.69) is 36.8 Å². The minimum Gasteiger partial charge on any atom is -0.455 e. The summed E-state index contributed by atoms with van der Waals surface area (Å²) in [5.74, 6) is 0.235. The molecule has 0 aliphatic carbocycles. The van der Waals surface area contributed by atoms with Crippen molar-refractivity contribution in [3.05, 3.63) is 61.0 Å². The summed E-state index contributed by atoms with van der Waals surface area (Å²) >= 11 is 0. The highest BCUT2D eigenvalue weighted by molar-refractivity contribution is 7.85. The zero-order valence-corrected chi connectivity index (χ0v) is 22.9. The molecule has 0 aromatic heterocycles. The molecule has 2 unspecified atom stereocenters. The number of carbonyl (C=O) groups is 1. The average Bonchev–Trinajstić information content (AvgIpc) is 3.25. The number of hydrogen-bond donors (Lipinski definition) is 1. The second kappa shape index (κ2) is 16.2. The maximum Gasteiger partial charge on any atom is 0.333 e. The van der Waals surface area contributed by atoms with Crippen LogP contribution in [0.3, 0.4) is 0 Å². The summed E-state index contributed by atoms with van der Waals surface area (Å²) in [5, 5.41) is 0. The summed E-state index contributed by atoms with van der Waals surface area (Å²) in [6.45, 7) is 15.8. The number of rotatable bonds is 14. The number of unbranched alkanes of at least 4 members (excludes halogenated alkanes) is 1. The Labute approximate surface area is 217 Å². The van der Waals surface area contributed by atoms with Gasteiger partial charge >= 0.3 is 5.97 Å². The Morgan fingerprint density at radius 3 is 2.33 bits per heavy atom. The molecule has 0 fully saturated rings. The number of ether oxygens (including phenoxy) is 2. The van der Waals surface area contributed by atoms with Crippen LogP contribution in [0.4, 0.5) is 0 Å². The summed E-state index contributed by atoms with van der Waals surface area (Å²) in [5.41, 5.74) is 1.23. The molecule has 0 saturated carbocycles. The van der Waals surface area contributed by atoms with Crippen LogP contribution in [-0.4, -0.2) is 68.3 Å². The second-order valence-corrected chi connectivity index (χ2v) is 10.4. The van der Waals surface area contributed by atoms with E-state index in [0.717, 1.165) is 25.3 Å². The summed E-state index contributed by atoms with van der Waals surface area (Å²) in [4.78, 5) is 16.0. The standard InChI is InChI=1S/C19H34N2O3.C8H8O3S/c1-6-8-9-17(7-2)13-23-14-18(24-19(22)16(3)4)12-21-11-10-20(5)15-21;1-2-7-3-5-8(6-4-7)12(9,10)11/h10-11,17-18H,3,6-9,12-15H2,1-2,4-5H3;2-6H,1H2,(H,9,10,11). The van der Waals surface area contributed by atoms with E-state index in [1.165, 1.54) is 31.4 Å². The third kappa shape index (κ3) is 12.4. The van der Waals surface area contributed by atoms with Gasteiger partial charge in [-0.1, -0.05) is 64.5 Å². The van der Waals surface area contributed by atoms with E-state index in [1.807, 2.05) is 19.4 Å². The molecule has 1 N–H and O–H groups in total. The van der Waals surface area contributed by atoms with Crippen LogP contribution in [0.25, 0.3) is 6.08 Å². The SMILES string of the molecule is C=C(C)C(=O)OC(COCC(CC)CCCC)CN1C=CN(C)C1.C=Cc1ccc(S(=O)(=O)O)cc1. The molecule has 0 radical (unpaired) electrons. The summed E-state index contributed by atoms with van der Waals surface area (Å²) in [7, 11) is -2.05. The molecule has 1 aliphatic heterocycles. The Hall–Kier alpha value is -2.62. The van der Waals surface area contributed by atoms with Crippen LogP contribution < -0.4 is 0 Å². The van der Waals surface area contributed by atoms with Crippen molar-refractivity contribution in [2.24, 2.45) is 5.92 Å². The van der Waals surface area contributed by atoms with E-state index < -0.39 is 10.1 Å². The molecule has 1 aliphatic rings. The first-order valence-corrected chi connectivity index (χ1v) is 13.7. The molecule has 202 valence electrons. The summed E-state index contributed by atoms with van der Waals surface area (Å²) in [6, 6.07) is 5.78. The van der Waals surface area contributed by atoms with Gasteiger partial charge in [0.1, 0.15) is 6.10 Å². The second-order valence-electron chi connectivity index (χ2n) is 8.98. The molecular formula is C27H42N2O6S. The van der Waals surface area contributed by atoms with Gasteiger partial charge in [-0.3, -0.25) is 4.55 Å². The van der Waals surface area contributed by atoms with Crippen LogP contribution in [0.5, 0.6) is 0 Å². The highest BCUT2D eigenvalue weighted by Gasteiger charge is 2.21. The van der Waals surface area contributed by atoms with Crippen LogP contribution >= 0.6 is 0 Å². The van der Waals surface area contributed by atoms with Gasteiger partial charge in [0.2, 0.25) is 0 Å². The third-order valence-electron chi connectivity index (χ3n) is 5.61. The third-order valence-corrected chi connectivity index (χ3v) is 6.48. The Kier molecular flexibility index (Phi) is 14.1. The Morgan fingerprint density at radius 1 is 1.19 bits per heavy atom. The molecule has 1 heterocycles. The van der Waals surface area contributed by atoms with Crippen LogP contribution in [0.1, 0.15) is 52.0 Å². The van der Waals surface area contributed by atoms with E-state index in [9.17, 15) is 13.2 Å². The highest BCUT2D eigenvalue weighted by Crippen LogP contribution is 2.14. The summed E-state index contributed by atoms with van der Waals surface area (Å²) < 4.78 is 41.2. The first-order valence-electron chi connectivity index (χ1n) is 12.3. The van der Waals surface area contributed by atoms with Crippen molar-refractivity contribution in [2.75, 3.05) is 33.5 Å². The quantitative estimate of drug-likeness (QED) is 0.208. The van der Waals surface area contributed by atoms with Crippen molar-refractivity contribution in [1.29, 1.82) is 0 Å². The zero-order chi connectivity index (χ0) is 27.1. The van der Waals surface area contributed by atoms with Gasteiger partial charge in [-0.2, -0.15) is 8.42 Å². The molecule has 0 spiro atoms. The molecule has 8 nitrogen and oxygen atoms in total. The van der Waals surface area contributed by atoms with Crippen molar-refractivity contribution in [2.45, 2.75) is 57.5 Å². The topological polar surface area (TPSA) is 96.4 Å². The van der Waals surface area contributed by atoms with E-state index in [-0.39, 0.29) is 17.0 Å². The molecule has 1 aromatic rings. The maximum atomic E-state index is 11.9. The van der Waals surface area contributed by atoms with Crippen molar-refractivity contribution in [1.82, 2.24) is 9.80 Å². The molecule has 0 bridgehead atoms. The Bertz CT molecular complexity index is 959. The average molecular weight is 523 g/mol. The predicted molar refractivity (Wildman–Crippen MR) is 144 cm³/mol. The molecule has 2 atom stereocenters. The Morgan fingerprint density at radius 2 is 1.86 bits per heavy atom. The van der Waals surface area contributed by atoms with Crippen molar-refractivity contribution < 1.29 is 27.2 Å². The zero-order valence-electron chi connectivity index (χ0n) is 22.1. The fourth-order valence-corrected chi connectivity index (χ4v) is 3.87. The van der Waals surface area contributed by atoms with Gasteiger partial charge in [-0.05, 0) is 37.0 Å². The van der Waals surface area contributed by atoms with Crippen LogP contribution in [0.15, 0.2) is 60.3 Å². The Balaban J connectivity index is 0.000000450. The normalized spacial score (nSPS) is 14.6. The largest absolute Gasteiger partial charge is 0.455 e. The fourth-order valence-electron chi connectivity index (χ4n) is 3.39. The first kappa shape index (κ1) is 31.4. The molecule has 0 saturated heterocycles. The van der Waals surface area contributed by atoms with Crippen LogP contribution in [0, 0.1) is 5.92 Å². The molecule has 2 rings (SSSR count). The molecular weight excluding hydrogens is 480 g/mol. The molecule has 1 aromatic carbocycles. The van der Waals surface area contributed by atoms with E-state index in [4.69, 9.17) is 14.0 Å². The van der Waals surface area contributed by atoms with Gasteiger partial charge in [0.15, 0.2) is 0 Å². The van der Waals surface area contributed by atoms with Crippen molar-refractivity contribution in [3.63, 3.8) is 0 Å². The monoisotopic (exact) mass is 522 g/mol. The minimum atomic E-state index is -4.06. The summed E-state index contributed by atoms with van der Waals surface area (Å²) in [6.07, 6.45) is 10.1. The number of nitrogens with zero attached hydrogens (tertiary/aromatic N) is 2. The van der Waals surface area contributed by atoms with Crippen LogP contribution in [0.2, 0.25) is 0 Å². The van der Waals surface area contributed by atoms with Gasteiger partial charge in [-0.25, -0.2) is 4.79 Å². The smallest absolute Gasteiger partial charge is 0.333 e. The lowest BCUT2D eigenvalue weighted by Gasteiger charge is -2.25. The van der Waals surface area contributed by atoms with Crippen LogP contribution in [-0.2, 0) is 24.4 Å². The molecule has 9 heteroatoms. The predicted octanol–water partition coefficient (Wildman–Crippen LogP) is 4.96.